The molecule has 4 aromatic rings. The first-order chi connectivity index (χ1) is 18.5. The lowest BCUT2D eigenvalue weighted by molar-refractivity contribution is -0.159. The number of piperazine rings is 1. The minimum atomic E-state index is -0.660. The van der Waals surface area contributed by atoms with E-state index in [0.29, 0.717) is 45.7 Å². The number of hydrogen-bond donors (Lipinski definition) is 0. The molecular formula is C28H26ClF2N5O3. The summed E-state index contributed by atoms with van der Waals surface area (Å²) in [6, 6.07) is 8.81. The van der Waals surface area contributed by atoms with Crippen molar-refractivity contribution >= 4 is 34.3 Å². The van der Waals surface area contributed by atoms with Gasteiger partial charge in [-0.25, -0.2) is 18.4 Å². The number of likely N-dealkylation sites (N-methyl/N-ethyl adjacent to an activating group) is 1. The molecule has 11 heteroatoms. The molecule has 3 heterocycles. The number of hydrogen-bond acceptors (Lipinski definition) is 5. The van der Waals surface area contributed by atoms with Gasteiger partial charge in [-0.3, -0.25) is 9.59 Å². The Kier molecular flexibility index (Phi) is 6.98. The summed E-state index contributed by atoms with van der Waals surface area (Å²) in [5.74, 6) is -1.88. The fraction of sp³-hybridized carbons (Fsp3) is 0.286. The van der Waals surface area contributed by atoms with E-state index in [2.05, 4.69) is 10.1 Å². The Morgan fingerprint density at radius 3 is 2.64 bits per heavy atom. The molecule has 1 fully saturated rings. The maximum absolute atomic E-state index is 14.5. The van der Waals surface area contributed by atoms with Crippen molar-refractivity contribution in [1.82, 2.24) is 24.6 Å². The van der Waals surface area contributed by atoms with Gasteiger partial charge in [0.2, 0.25) is 0 Å². The number of ether oxygens (including phenoxy) is 1. The fourth-order valence-corrected chi connectivity index (χ4v) is 5.10. The minimum absolute atomic E-state index is 0.0509. The van der Waals surface area contributed by atoms with Gasteiger partial charge >= 0.3 is 11.8 Å². The molecule has 1 unspecified atom stereocenters. The van der Waals surface area contributed by atoms with Crippen LogP contribution in [0.25, 0.3) is 16.6 Å². The van der Waals surface area contributed by atoms with Crippen LogP contribution in [-0.2, 0) is 16.2 Å². The summed E-state index contributed by atoms with van der Waals surface area (Å²) in [4.78, 5) is 32.8. The highest BCUT2D eigenvalue weighted by Gasteiger charge is 2.38. The number of carbonyl (C=O) groups is 2. The summed E-state index contributed by atoms with van der Waals surface area (Å²) in [6.07, 6.45) is 2.40. The zero-order valence-electron chi connectivity index (χ0n) is 21.8. The standard InChI is InChI=1S/C28H26ClF2N5O3/c1-15-8-24(36-13-19(31)11-32-36)20-6-5-7-25(26(20)33-15)39-14-22-21(9-18(30)10-23(22)29)17(3)35-12-16(2)34(4)27(37)28(35)38/h5-11,13,16-17H,12,14H2,1-4H3/t16?,17-/m0/s1. The Balaban J connectivity index is 1.50. The second kappa shape index (κ2) is 10.3. The summed E-state index contributed by atoms with van der Waals surface area (Å²) in [5, 5.41) is 4.90. The van der Waals surface area contributed by atoms with Crippen LogP contribution in [0.3, 0.4) is 0 Å². The summed E-state index contributed by atoms with van der Waals surface area (Å²) >= 11 is 6.49. The molecule has 39 heavy (non-hydrogen) atoms. The summed E-state index contributed by atoms with van der Waals surface area (Å²) in [7, 11) is 1.58. The van der Waals surface area contributed by atoms with Gasteiger partial charge in [0.1, 0.15) is 23.7 Å². The number of carbonyl (C=O) groups excluding carboxylic acids is 2. The van der Waals surface area contributed by atoms with Crippen LogP contribution in [0.4, 0.5) is 8.78 Å². The van der Waals surface area contributed by atoms with Crippen molar-refractivity contribution in [2.45, 2.75) is 39.5 Å². The van der Waals surface area contributed by atoms with Gasteiger partial charge in [-0.15, -0.1) is 0 Å². The van der Waals surface area contributed by atoms with Gasteiger partial charge in [-0.05, 0) is 50.6 Å². The third-order valence-electron chi connectivity index (χ3n) is 7.08. The molecule has 0 saturated carbocycles. The number of nitrogens with zero attached hydrogens (tertiary/aromatic N) is 5. The van der Waals surface area contributed by atoms with Crippen LogP contribution in [0.2, 0.25) is 5.02 Å². The van der Waals surface area contributed by atoms with Crippen LogP contribution in [-0.4, -0.2) is 56.0 Å². The zero-order valence-corrected chi connectivity index (χ0v) is 22.5. The number of aromatic nitrogens is 3. The molecule has 5 rings (SSSR count). The molecule has 2 atom stereocenters. The maximum Gasteiger partial charge on any atom is 0.312 e. The Morgan fingerprint density at radius 2 is 1.92 bits per heavy atom. The van der Waals surface area contributed by atoms with E-state index in [9.17, 15) is 18.4 Å². The molecule has 8 nitrogen and oxygen atoms in total. The highest BCUT2D eigenvalue weighted by molar-refractivity contribution is 6.35. The lowest BCUT2D eigenvalue weighted by Gasteiger charge is -2.40. The smallest absolute Gasteiger partial charge is 0.312 e. The topological polar surface area (TPSA) is 80.6 Å². The quantitative estimate of drug-likeness (QED) is 0.314. The van der Waals surface area contributed by atoms with E-state index in [1.165, 1.54) is 32.8 Å². The highest BCUT2D eigenvalue weighted by atomic mass is 35.5. The summed E-state index contributed by atoms with van der Waals surface area (Å²) in [6.45, 7) is 5.63. The van der Waals surface area contributed by atoms with E-state index in [-0.39, 0.29) is 17.7 Å². The normalized spacial score (nSPS) is 16.7. The molecule has 2 aromatic carbocycles. The number of rotatable bonds is 6. The molecule has 0 N–H and O–H groups in total. The van der Waals surface area contributed by atoms with E-state index < -0.39 is 29.5 Å². The molecule has 1 aliphatic heterocycles. The monoisotopic (exact) mass is 553 g/mol. The predicted octanol–water partition coefficient (Wildman–Crippen LogP) is 4.99. The number of amides is 2. The average molecular weight is 554 g/mol. The van der Waals surface area contributed by atoms with E-state index in [4.69, 9.17) is 16.3 Å². The Hall–Kier alpha value is -4.05. The third kappa shape index (κ3) is 4.92. The van der Waals surface area contributed by atoms with E-state index in [0.717, 1.165) is 6.20 Å². The van der Waals surface area contributed by atoms with Crippen LogP contribution in [0.5, 0.6) is 5.75 Å². The molecule has 0 aliphatic carbocycles. The first-order valence-electron chi connectivity index (χ1n) is 12.3. The molecule has 2 amide bonds. The van der Waals surface area contributed by atoms with Crippen molar-refractivity contribution < 1.29 is 23.1 Å². The third-order valence-corrected chi connectivity index (χ3v) is 7.41. The van der Waals surface area contributed by atoms with Gasteiger partial charge in [0.05, 0.1) is 29.1 Å². The average Bonchev–Trinajstić information content (AvgIpc) is 3.34. The lowest BCUT2D eigenvalue weighted by atomic mass is 9.98. The van der Waals surface area contributed by atoms with Gasteiger partial charge in [-0.1, -0.05) is 23.7 Å². The largest absolute Gasteiger partial charge is 0.487 e. The molecule has 2 aromatic heterocycles. The number of pyridine rings is 1. The molecule has 0 bridgehead atoms. The van der Waals surface area contributed by atoms with Gasteiger partial charge in [0, 0.05) is 36.3 Å². The minimum Gasteiger partial charge on any atom is -0.487 e. The zero-order chi connectivity index (χ0) is 28.0. The molecule has 1 aliphatic rings. The molecule has 0 spiro atoms. The summed E-state index contributed by atoms with van der Waals surface area (Å²) < 4.78 is 35.8. The Morgan fingerprint density at radius 1 is 1.15 bits per heavy atom. The second-order valence-corrected chi connectivity index (χ2v) is 10.1. The van der Waals surface area contributed by atoms with Crippen molar-refractivity contribution in [2.24, 2.45) is 0 Å². The Labute approximate surface area is 228 Å². The predicted molar refractivity (Wildman–Crippen MR) is 142 cm³/mol. The van der Waals surface area contributed by atoms with Crippen LogP contribution in [0.15, 0.2) is 48.8 Å². The number of para-hydroxylation sites is 1. The van der Waals surface area contributed by atoms with Crippen molar-refractivity contribution in [3.63, 3.8) is 0 Å². The van der Waals surface area contributed by atoms with Crippen molar-refractivity contribution in [2.75, 3.05) is 13.6 Å². The van der Waals surface area contributed by atoms with Crippen LogP contribution >= 0.6 is 11.6 Å². The second-order valence-electron chi connectivity index (χ2n) is 9.68. The van der Waals surface area contributed by atoms with E-state index in [1.54, 1.807) is 32.2 Å². The highest BCUT2D eigenvalue weighted by Crippen LogP contribution is 2.34. The van der Waals surface area contributed by atoms with Crippen molar-refractivity contribution in [3.8, 4) is 11.4 Å². The van der Waals surface area contributed by atoms with Gasteiger partial charge in [-0.2, -0.15) is 5.10 Å². The number of aryl methyl sites for hydroxylation is 1. The molecule has 1 saturated heterocycles. The Bertz CT molecular complexity index is 1610. The van der Waals surface area contributed by atoms with E-state index in [1.807, 2.05) is 19.9 Å². The van der Waals surface area contributed by atoms with Gasteiger partial charge in [0.15, 0.2) is 5.82 Å². The van der Waals surface area contributed by atoms with Crippen LogP contribution < -0.4 is 4.74 Å². The maximum atomic E-state index is 14.5. The number of halogens is 3. The van der Waals surface area contributed by atoms with Crippen LogP contribution in [0, 0.1) is 18.6 Å². The van der Waals surface area contributed by atoms with Gasteiger partial charge < -0.3 is 14.5 Å². The van der Waals surface area contributed by atoms with Crippen molar-refractivity contribution in [1.29, 1.82) is 0 Å². The number of benzene rings is 2. The summed E-state index contributed by atoms with van der Waals surface area (Å²) in [5.41, 5.74) is 2.76. The van der Waals surface area contributed by atoms with E-state index >= 15 is 0 Å². The first-order valence-corrected chi connectivity index (χ1v) is 12.7. The fourth-order valence-electron chi connectivity index (χ4n) is 4.83. The van der Waals surface area contributed by atoms with Gasteiger partial charge in [0.25, 0.3) is 0 Å². The molecular weight excluding hydrogens is 528 g/mol. The van der Waals surface area contributed by atoms with Crippen molar-refractivity contribution in [3.05, 3.63) is 82.3 Å². The first kappa shape index (κ1) is 26.6. The van der Waals surface area contributed by atoms with Crippen LogP contribution in [0.1, 0.15) is 36.7 Å². The number of fused-ring (bicyclic) bond motifs is 1. The molecule has 202 valence electrons. The lowest BCUT2D eigenvalue weighted by Crippen LogP contribution is -2.57. The molecule has 0 radical (unpaired) electrons. The SMILES string of the molecule is Cc1cc(-n2cc(F)cn2)c2cccc(OCc3c(Cl)cc(F)cc3[C@H](C)N3CC(C)N(C)C(=O)C3=O)c2n1.